The molecule has 0 radical (unpaired) electrons. The van der Waals surface area contributed by atoms with Crippen molar-refractivity contribution in [3.05, 3.63) is 40.3 Å². The van der Waals surface area contributed by atoms with Crippen LogP contribution in [0.3, 0.4) is 0 Å². The van der Waals surface area contributed by atoms with Gasteiger partial charge in [0.1, 0.15) is 11.0 Å². The van der Waals surface area contributed by atoms with Crippen molar-refractivity contribution < 1.29 is 13.2 Å². The molecule has 0 saturated heterocycles. The van der Waals surface area contributed by atoms with E-state index in [-0.39, 0.29) is 5.82 Å². The van der Waals surface area contributed by atoms with Crippen LogP contribution in [-0.4, -0.2) is 21.0 Å². The molecule has 2 aromatic rings. The topological polar surface area (TPSA) is 55.1 Å². The van der Waals surface area contributed by atoms with Crippen LogP contribution in [-0.2, 0) is 12.7 Å². The zero-order chi connectivity index (χ0) is 17.9. The average molecular weight is 360 g/mol. The van der Waals surface area contributed by atoms with Crippen LogP contribution in [0.15, 0.2) is 23.4 Å². The Morgan fingerprint density at radius 1 is 1.38 bits per heavy atom. The number of anilines is 1. The third-order valence-corrected chi connectivity index (χ3v) is 3.51. The van der Waals surface area contributed by atoms with Gasteiger partial charge in [0.15, 0.2) is 0 Å². The van der Waals surface area contributed by atoms with Gasteiger partial charge in [0.05, 0.1) is 23.0 Å². The number of nitrogens with one attached hydrogen (secondary N) is 1. The Bertz CT molecular complexity index is 720. The van der Waals surface area contributed by atoms with Gasteiger partial charge in [-0.05, 0) is 25.0 Å². The van der Waals surface area contributed by atoms with E-state index in [0.717, 1.165) is 12.3 Å². The summed E-state index contributed by atoms with van der Waals surface area (Å²) in [5, 5.41) is 8.77. The molecule has 0 fully saturated rings. The molecule has 2 aromatic heterocycles. The maximum atomic E-state index is 12.5. The Morgan fingerprint density at radius 3 is 2.62 bits per heavy atom. The molecule has 0 aromatic carbocycles. The van der Waals surface area contributed by atoms with Gasteiger partial charge in [0, 0.05) is 12.7 Å². The number of hydrazone groups is 1. The summed E-state index contributed by atoms with van der Waals surface area (Å²) in [6.45, 7) is 6.60. The monoisotopic (exact) mass is 359 g/mol. The molecule has 0 saturated carbocycles. The lowest BCUT2D eigenvalue weighted by Gasteiger charge is -2.06. The quantitative estimate of drug-likeness (QED) is 0.637. The highest BCUT2D eigenvalue weighted by Gasteiger charge is 2.30. The molecule has 0 bridgehead atoms. The molecule has 24 heavy (non-hydrogen) atoms. The third-order valence-electron chi connectivity index (χ3n) is 3.11. The van der Waals surface area contributed by atoms with Crippen molar-refractivity contribution >= 4 is 23.6 Å². The van der Waals surface area contributed by atoms with E-state index in [0.29, 0.717) is 28.9 Å². The number of pyridine rings is 1. The molecule has 0 aliphatic carbocycles. The minimum atomic E-state index is -4.41. The summed E-state index contributed by atoms with van der Waals surface area (Å²) < 4.78 is 39.1. The van der Waals surface area contributed by atoms with E-state index in [9.17, 15) is 13.2 Å². The lowest BCUT2D eigenvalue weighted by Crippen LogP contribution is -2.06. The van der Waals surface area contributed by atoms with Crippen molar-refractivity contribution in [3.8, 4) is 0 Å². The second-order valence-electron chi connectivity index (χ2n) is 5.67. The Kier molecular flexibility index (Phi) is 5.48. The average Bonchev–Trinajstić information content (AvgIpc) is 2.73. The molecule has 0 aliphatic rings. The molecule has 0 unspecified atom stereocenters. The van der Waals surface area contributed by atoms with E-state index in [1.807, 2.05) is 0 Å². The first-order valence-electron chi connectivity index (χ1n) is 7.23. The summed E-state index contributed by atoms with van der Waals surface area (Å²) in [4.78, 5) is 3.67. The fourth-order valence-corrected chi connectivity index (χ4v) is 2.26. The normalized spacial score (nSPS) is 12.3. The summed E-state index contributed by atoms with van der Waals surface area (Å²) in [6, 6.07) is 2.14. The first kappa shape index (κ1) is 18.3. The molecule has 0 amide bonds. The number of alkyl halides is 3. The SMILES string of the molecule is Cc1nn(CC(C)C)c(Cl)c1/C=N\Nc1ccc(C(F)(F)F)cn1. The van der Waals surface area contributed by atoms with Crippen molar-refractivity contribution in [2.24, 2.45) is 11.0 Å². The number of nitrogens with zero attached hydrogens (tertiary/aromatic N) is 4. The Morgan fingerprint density at radius 2 is 2.08 bits per heavy atom. The second-order valence-corrected chi connectivity index (χ2v) is 6.02. The summed E-state index contributed by atoms with van der Waals surface area (Å²) in [7, 11) is 0. The highest BCUT2D eigenvalue weighted by Crippen LogP contribution is 2.28. The van der Waals surface area contributed by atoms with Crippen LogP contribution >= 0.6 is 11.6 Å². The van der Waals surface area contributed by atoms with Gasteiger partial charge in [-0.1, -0.05) is 25.4 Å². The van der Waals surface area contributed by atoms with Crippen LogP contribution in [0.4, 0.5) is 19.0 Å². The number of hydrogen-bond donors (Lipinski definition) is 1. The Hall–Kier alpha value is -2.09. The zero-order valence-corrected chi connectivity index (χ0v) is 14.2. The molecular weight excluding hydrogens is 343 g/mol. The lowest BCUT2D eigenvalue weighted by atomic mass is 10.2. The van der Waals surface area contributed by atoms with E-state index >= 15 is 0 Å². The van der Waals surface area contributed by atoms with Gasteiger partial charge in [-0.15, -0.1) is 0 Å². The predicted molar refractivity (Wildman–Crippen MR) is 87.3 cm³/mol. The molecule has 5 nitrogen and oxygen atoms in total. The van der Waals surface area contributed by atoms with Crippen molar-refractivity contribution in [3.63, 3.8) is 0 Å². The molecule has 9 heteroatoms. The Labute approximate surface area is 142 Å². The van der Waals surface area contributed by atoms with Crippen molar-refractivity contribution in [1.82, 2.24) is 14.8 Å². The first-order valence-corrected chi connectivity index (χ1v) is 7.61. The molecular formula is C15H17ClF3N5. The number of aryl methyl sites for hydroxylation is 1. The summed E-state index contributed by atoms with van der Waals surface area (Å²) in [5.41, 5.74) is 3.12. The van der Waals surface area contributed by atoms with E-state index in [1.54, 1.807) is 11.6 Å². The van der Waals surface area contributed by atoms with Crippen molar-refractivity contribution in [2.75, 3.05) is 5.43 Å². The number of aromatic nitrogens is 3. The van der Waals surface area contributed by atoms with Crippen LogP contribution in [0.1, 0.15) is 30.7 Å². The van der Waals surface area contributed by atoms with E-state index in [2.05, 4.69) is 34.5 Å². The molecule has 0 spiro atoms. The van der Waals surface area contributed by atoms with Gasteiger partial charge in [0.25, 0.3) is 0 Å². The molecule has 2 rings (SSSR count). The third kappa shape index (κ3) is 4.47. The minimum absolute atomic E-state index is 0.197. The summed E-state index contributed by atoms with van der Waals surface area (Å²) in [5.74, 6) is 0.587. The van der Waals surface area contributed by atoms with Gasteiger partial charge in [-0.3, -0.25) is 10.1 Å². The zero-order valence-electron chi connectivity index (χ0n) is 13.4. The van der Waals surface area contributed by atoms with E-state index < -0.39 is 11.7 Å². The number of rotatable bonds is 5. The minimum Gasteiger partial charge on any atom is -0.261 e. The standard InChI is InChI=1S/C15H17ClF3N5/c1-9(2)8-24-14(16)12(10(3)23-24)7-21-22-13-5-4-11(6-20-13)15(17,18)19/h4-7,9H,8H2,1-3H3,(H,20,22)/b21-7-. The van der Waals surface area contributed by atoms with Gasteiger partial charge in [-0.2, -0.15) is 23.4 Å². The fourth-order valence-electron chi connectivity index (χ4n) is 1.97. The lowest BCUT2D eigenvalue weighted by molar-refractivity contribution is -0.137. The number of hydrogen-bond acceptors (Lipinski definition) is 4. The summed E-state index contributed by atoms with van der Waals surface area (Å²) in [6.07, 6.45) is -2.19. The van der Waals surface area contributed by atoms with Crippen LogP contribution in [0.25, 0.3) is 0 Å². The van der Waals surface area contributed by atoms with Gasteiger partial charge >= 0.3 is 6.18 Å². The van der Waals surface area contributed by atoms with Crippen LogP contribution in [0.5, 0.6) is 0 Å². The maximum Gasteiger partial charge on any atom is 0.417 e. The molecule has 0 aliphatic heterocycles. The predicted octanol–water partition coefficient (Wildman–Crippen LogP) is 4.36. The van der Waals surface area contributed by atoms with Gasteiger partial charge in [0.2, 0.25) is 0 Å². The summed E-state index contributed by atoms with van der Waals surface area (Å²) >= 11 is 6.27. The van der Waals surface area contributed by atoms with Crippen molar-refractivity contribution in [1.29, 1.82) is 0 Å². The van der Waals surface area contributed by atoms with Crippen LogP contribution in [0, 0.1) is 12.8 Å². The first-order chi connectivity index (χ1) is 11.2. The molecule has 0 atom stereocenters. The maximum absolute atomic E-state index is 12.5. The van der Waals surface area contributed by atoms with Gasteiger partial charge in [-0.25, -0.2) is 4.98 Å². The molecule has 1 N–H and O–H groups in total. The molecule has 130 valence electrons. The largest absolute Gasteiger partial charge is 0.417 e. The highest BCUT2D eigenvalue weighted by molar-refractivity contribution is 6.32. The highest BCUT2D eigenvalue weighted by atomic mass is 35.5. The van der Waals surface area contributed by atoms with Crippen LogP contribution in [0.2, 0.25) is 5.15 Å². The molecule has 2 heterocycles. The van der Waals surface area contributed by atoms with Crippen LogP contribution < -0.4 is 5.43 Å². The number of halogens is 4. The fraction of sp³-hybridized carbons (Fsp3) is 0.400. The van der Waals surface area contributed by atoms with Gasteiger partial charge < -0.3 is 0 Å². The van der Waals surface area contributed by atoms with E-state index in [1.165, 1.54) is 12.3 Å². The smallest absolute Gasteiger partial charge is 0.261 e. The van der Waals surface area contributed by atoms with E-state index in [4.69, 9.17) is 11.6 Å². The Balaban J connectivity index is 2.08. The van der Waals surface area contributed by atoms with Crippen molar-refractivity contribution in [2.45, 2.75) is 33.5 Å². The second kappa shape index (κ2) is 7.21.